The molecular formula is C21H16FN7O3. The van der Waals surface area contributed by atoms with Crippen molar-refractivity contribution in [2.24, 2.45) is 0 Å². The Morgan fingerprint density at radius 2 is 1.97 bits per heavy atom. The summed E-state index contributed by atoms with van der Waals surface area (Å²) in [4.78, 5) is 31.1. The van der Waals surface area contributed by atoms with Gasteiger partial charge in [-0.05, 0) is 59.3 Å². The van der Waals surface area contributed by atoms with Gasteiger partial charge in [0, 0.05) is 5.56 Å². The zero-order valence-corrected chi connectivity index (χ0v) is 16.8. The number of imide groups is 1. The zero-order valence-electron chi connectivity index (χ0n) is 16.8. The van der Waals surface area contributed by atoms with Gasteiger partial charge in [0.2, 0.25) is 5.89 Å². The molecule has 4 aromatic rings. The van der Waals surface area contributed by atoms with Crippen molar-refractivity contribution in [3.63, 3.8) is 0 Å². The molecule has 1 aliphatic rings. The second kappa shape index (κ2) is 7.38. The molecule has 0 radical (unpaired) electrons. The number of amides is 3. The molecule has 0 saturated carbocycles. The first-order valence-corrected chi connectivity index (χ1v) is 9.63. The van der Waals surface area contributed by atoms with Crippen LogP contribution in [0.4, 0.5) is 9.18 Å². The molecule has 2 aromatic carbocycles. The van der Waals surface area contributed by atoms with E-state index in [1.807, 2.05) is 0 Å². The highest BCUT2D eigenvalue weighted by Crippen LogP contribution is 2.31. The monoisotopic (exact) mass is 433 g/mol. The highest BCUT2D eigenvalue weighted by atomic mass is 19.1. The van der Waals surface area contributed by atoms with E-state index in [4.69, 9.17) is 4.42 Å². The zero-order chi connectivity index (χ0) is 22.3. The lowest BCUT2D eigenvalue weighted by Crippen LogP contribution is -2.40. The largest absolute Gasteiger partial charge is 0.439 e. The fourth-order valence-electron chi connectivity index (χ4n) is 3.54. The lowest BCUT2D eigenvalue weighted by Gasteiger charge is -2.22. The van der Waals surface area contributed by atoms with E-state index < -0.39 is 17.5 Å². The number of oxazole rings is 1. The standard InChI is InChI=1S/C21H16FN7O3/c1-21(14-3-2-4-16(9-14)29-12-24-26-27-29)19(30)28(20(31)25-21)11-18-23-10-17(32-18)13-5-7-15(22)8-6-13/h2-10,12H,11H2,1H3,(H,25,31)/t21-/m0/s1. The average molecular weight is 433 g/mol. The maximum absolute atomic E-state index is 13.2. The van der Waals surface area contributed by atoms with E-state index in [0.717, 1.165) is 4.90 Å². The van der Waals surface area contributed by atoms with E-state index in [1.54, 1.807) is 43.3 Å². The Bertz CT molecular complexity index is 1300. The van der Waals surface area contributed by atoms with Crippen LogP contribution >= 0.6 is 0 Å². The van der Waals surface area contributed by atoms with Crippen LogP contribution < -0.4 is 5.32 Å². The summed E-state index contributed by atoms with van der Waals surface area (Å²) in [5.41, 5.74) is 0.566. The third-order valence-electron chi connectivity index (χ3n) is 5.29. The number of hydrogen-bond donors (Lipinski definition) is 1. The van der Waals surface area contributed by atoms with Crippen molar-refractivity contribution in [2.75, 3.05) is 0 Å². The predicted octanol–water partition coefficient (Wildman–Crippen LogP) is 2.42. The number of tetrazole rings is 1. The molecule has 5 rings (SSSR count). The number of rotatable bonds is 5. The SMILES string of the molecule is C[C@@]1(c2cccc(-n3cnnn3)c2)NC(=O)N(Cc2ncc(-c3ccc(F)cc3)o2)C1=O. The van der Waals surface area contributed by atoms with Crippen LogP contribution in [0.25, 0.3) is 17.0 Å². The molecule has 0 unspecified atom stereocenters. The van der Waals surface area contributed by atoms with Crippen molar-refractivity contribution in [3.05, 3.63) is 78.3 Å². The van der Waals surface area contributed by atoms with Gasteiger partial charge in [-0.3, -0.25) is 9.69 Å². The van der Waals surface area contributed by atoms with Gasteiger partial charge in [-0.25, -0.2) is 18.9 Å². The molecule has 3 heterocycles. The van der Waals surface area contributed by atoms with Gasteiger partial charge in [-0.2, -0.15) is 0 Å². The number of halogens is 1. The van der Waals surface area contributed by atoms with E-state index in [-0.39, 0.29) is 18.3 Å². The van der Waals surface area contributed by atoms with E-state index in [0.29, 0.717) is 22.6 Å². The molecule has 1 aliphatic heterocycles. The van der Waals surface area contributed by atoms with Crippen LogP contribution in [-0.2, 0) is 16.9 Å². The maximum atomic E-state index is 13.2. The molecule has 1 atom stereocenters. The molecule has 1 saturated heterocycles. The summed E-state index contributed by atoms with van der Waals surface area (Å²) in [5.74, 6) is -0.224. The number of nitrogens with one attached hydrogen (secondary N) is 1. The average Bonchev–Trinajstić information content (AvgIpc) is 3.53. The van der Waals surface area contributed by atoms with E-state index in [2.05, 4.69) is 25.8 Å². The molecule has 2 aromatic heterocycles. The summed E-state index contributed by atoms with van der Waals surface area (Å²) in [7, 11) is 0. The molecule has 0 aliphatic carbocycles. The van der Waals surface area contributed by atoms with Crippen molar-refractivity contribution >= 4 is 11.9 Å². The Kier molecular flexibility index (Phi) is 4.51. The van der Waals surface area contributed by atoms with E-state index >= 15 is 0 Å². The predicted molar refractivity (Wildman–Crippen MR) is 107 cm³/mol. The van der Waals surface area contributed by atoms with Crippen molar-refractivity contribution < 1.29 is 18.4 Å². The number of hydrogen-bond acceptors (Lipinski definition) is 7. The van der Waals surface area contributed by atoms with Gasteiger partial charge < -0.3 is 9.73 Å². The van der Waals surface area contributed by atoms with Crippen molar-refractivity contribution in [2.45, 2.75) is 19.0 Å². The van der Waals surface area contributed by atoms with Crippen LogP contribution in [0.3, 0.4) is 0 Å². The van der Waals surface area contributed by atoms with Crippen molar-refractivity contribution in [1.82, 2.24) is 35.4 Å². The summed E-state index contributed by atoms with van der Waals surface area (Å²) in [6.45, 7) is 1.49. The van der Waals surface area contributed by atoms with Gasteiger partial charge in [-0.1, -0.05) is 12.1 Å². The minimum Gasteiger partial charge on any atom is -0.439 e. The van der Waals surface area contributed by atoms with Crippen LogP contribution in [0.5, 0.6) is 0 Å². The van der Waals surface area contributed by atoms with Gasteiger partial charge in [0.25, 0.3) is 5.91 Å². The molecule has 11 heteroatoms. The summed E-state index contributed by atoms with van der Waals surface area (Å²) in [6.07, 6.45) is 2.90. The number of aromatic nitrogens is 5. The van der Waals surface area contributed by atoms with Crippen molar-refractivity contribution in [1.29, 1.82) is 0 Å². The van der Waals surface area contributed by atoms with Crippen LogP contribution in [-0.4, -0.2) is 42.0 Å². The van der Waals surface area contributed by atoms with E-state index in [9.17, 15) is 14.0 Å². The van der Waals surface area contributed by atoms with Gasteiger partial charge >= 0.3 is 6.03 Å². The molecule has 160 valence electrons. The molecule has 10 nitrogen and oxygen atoms in total. The first kappa shape index (κ1) is 19.5. The Morgan fingerprint density at radius 1 is 1.16 bits per heavy atom. The molecular weight excluding hydrogens is 417 g/mol. The first-order chi connectivity index (χ1) is 15.4. The Morgan fingerprint density at radius 3 is 2.72 bits per heavy atom. The van der Waals surface area contributed by atoms with Gasteiger partial charge in [0.1, 0.15) is 24.2 Å². The number of urea groups is 1. The number of benzene rings is 2. The fraction of sp³-hybridized carbons (Fsp3) is 0.143. The van der Waals surface area contributed by atoms with Crippen LogP contribution in [0.15, 0.2) is 65.5 Å². The summed E-state index contributed by atoms with van der Waals surface area (Å²) in [5, 5.41) is 13.8. The normalized spacial score (nSPS) is 18.2. The highest BCUT2D eigenvalue weighted by molar-refractivity contribution is 6.07. The van der Waals surface area contributed by atoms with Gasteiger partial charge in [0.05, 0.1) is 11.9 Å². The fourth-order valence-corrected chi connectivity index (χ4v) is 3.54. The maximum Gasteiger partial charge on any atom is 0.325 e. The Labute approximate surface area is 180 Å². The number of nitrogens with zero attached hydrogens (tertiary/aromatic N) is 6. The lowest BCUT2D eigenvalue weighted by molar-refractivity contribution is -0.131. The van der Waals surface area contributed by atoms with Crippen LogP contribution in [0.2, 0.25) is 0 Å². The van der Waals surface area contributed by atoms with Crippen molar-refractivity contribution in [3.8, 4) is 17.0 Å². The molecule has 1 N–H and O–H groups in total. The quantitative estimate of drug-likeness (QED) is 0.480. The molecule has 3 amide bonds. The highest BCUT2D eigenvalue weighted by Gasteiger charge is 2.49. The Balaban J connectivity index is 1.39. The van der Waals surface area contributed by atoms with Crippen LogP contribution in [0.1, 0.15) is 18.4 Å². The molecule has 0 bridgehead atoms. The summed E-state index contributed by atoms with van der Waals surface area (Å²) >= 11 is 0. The smallest absolute Gasteiger partial charge is 0.325 e. The van der Waals surface area contributed by atoms with E-state index in [1.165, 1.54) is 29.3 Å². The summed E-state index contributed by atoms with van der Waals surface area (Å²) in [6, 6.07) is 12.2. The molecule has 1 fully saturated rings. The molecule has 0 spiro atoms. The third kappa shape index (κ3) is 3.29. The number of carbonyl (C=O) groups is 2. The lowest BCUT2D eigenvalue weighted by atomic mass is 9.91. The number of carbonyl (C=O) groups excluding carboxylic acids is 2. The third-order valence-corrected chi connectivity index (χ3v) is 5.29. The summed E-state index contributed by atoms with van der Waals surface area (Å²) < 4.78 is 20.3. The topological polar surface area (TPSA) is 119 Å². The van der Waals surface area contributed by atoms with Gasteiger partial charge in [0.15, 0.2) is 5.76 Å². The minimum absolute atomic E-state index is 0.145. The first-order valence-electron chi connectivity index (χ1n) is 9.63. The Hall–Kier alpha value is -4.41. The molecule has 32 heavy (non-hydrogen) atoms. The van der Waals surface area contributed by atoms with Crippen LogP contribution in [0, 0.1) is 5.82 Å². The second-order valence-corrected chi connectivity index (χ2v) is 7.38. The second-order valence-electron chi connectivity index (χ2n) is 7.38. The van der Waals surface area contributed by atoms with Gasteiger partial charge in [-0.15, -0.1) is 5.10 Å². The minimum atomic E-state index is -1.28.